The van der Waals surface area contributed by atoms with Crippen LogP contribution in [0.15, 0.2) is 60.7 Å². The topological polar surface area (TPSA) is 92.5 Å². The first-order chi connectivity index (χ1) is 16.0. The highest BCUT2D eigenvalue weighted by molar-refractivity contribution is 6.24. The Morgan fingerprint density at radius 2 is 1.24 bits per heavy atom. The van der Waals surface area contributed by atoms with Gasteiger partial charge >= 0.3 is 0 Å². The van der Waals surface area contributed by atoms with E-state index < -0.39 is 0 Å². The molecule has 1 aliphatic rings. The molecule has 6 heteroatoms. The SMILES string of the molecule is Cc1c2c(c(C)c(-c3ccccc3)c1-c1ccccc1)C(=O)N(CCC(=O)NCCN)C2=O. The molecule has 0 saturated heterocycles. The van der Waals surface area contributed by atoms with Gasteiger partial charge in [0.25, 0.3) is 11.8 Å². The van der Waals surface area contributed by atoms with E-state index in [0.717, 1.165) is 33.4 Å². The second kappa shape index (κ2) is 9.38. The smallest absolute Gasteiger partial charge is 0.261 e. The number of amides is 3. The summed E-state index contributed by atoms with van der Waals surface area (Å²) in [6.45, 7) is 4.52. The van der Waals surface area contributed by atoms with Crippen LogP contribution < -0.4 is 11.1 Å². The average molecular weight is 442 g/mol. The van der Waals surface area contributed by atoms with Crippen LogP contribution in [0.4, 0.5) is 0 Å². The van der Waals surface area contributed by atoms with Gasteiger partial charge in [0.15, 0.2) is 0 Å². The normalized spacial score (nSPS) is 12.8. The third kappa shape index (κ3) is 4.05. The summed E-state index contributed by atoms with van der Waals surface area (Å²) in [5.74, 6) is -0.932. The monoisotopic (exact) mass is 441 g/mol. The Labute approximate surface area is 193 Å². The molecule has 3 N–H and O–H groups in total. The van der Waals surface area contributed by atoms with Gasteiger partial charge in [-0.3, -0.25) is 19.3 Å². The zero-order chi connectivity index (χ0) is 23.5. The second-order valence-electron chi connectivity index (χ2n) is 8.13. The maximum atomic E-state index is 13.4. The number of benzene rings is 3. The summed E-state index contributed by atoms with van der Waals surface area (Å²) in [4.78, 5) is 40.0. The molecular formula is C27H27N3O3. The van der Waals surface area contributed by atoms with Crippen molar-refractivity contribution >= 4 is 17.7 Å². The summed E-state index contributed by atoms with van der Waals surface area (Å²) in [6.07, 6.45) is 0.0423. The van der Waals surface area contributed by atoms with Gasteiger partial charge in [-0.15, -0.1) is 0 Å². The van der Waals surface area contributed by atoms with Crippen LogP contribution in [-0.2, 0) is 4.79 Å². The van der Waals surface area contributed by atoms with Crippen LogP contribution in [0, 0.1) is 13.8 Å². The fourth-order valence-corrected chi connectivity index (χ4v) is 4.54. The molecule has 168 valence electrons. The molecule has 0 radical (unpaired) electrons. The van der Waals surface area contributed by atoms with E-state index in [4.69, 9.17) is 5.73 Å². The van der Waals surface area contributed by atoms with Crippen LogP contribution in [-0.4, -0.2) is 42.3 Å². The Bertz CT molecular complexity index is 1140. The Kier molecular flexibility index (Phi) is 6.38. The molecule has 0 saturated carbocycles. The maximum Gasteiger partial charge on any atom is 0.261 e. The first-order valence-corrected chi connectivity index (χ1v) is 11.1. The molecule has 3 aromatic carbocycles. The standard InChI is InChI=1S/C27H27N3O3/c1-17-22(19-9-5-3-6-10-19)23(20-11-7-4-8-12-20)18(2)25-24(17)26(32)30(27(25)33)16-13-21(31)29-15-14-28/h3-12H,13-16,28H2,1-2H3,(H,29,31). The van der Waals surface area contributed by atoms with Crippen molar-refractivity contribution in [1.29, 1.82) is 0 Å². The summed E-state index contributed by atoms with van der Waals surface area (Å²) >= 11 is 0. The first kappa shape index (κ1) is 22.4. The molecule has 0 aliphatic carbocycles. The number of fused-ring (bicyclic) bond motifs is 1. The first-order valence-electron chi connectivity index (χ1n) is 11.1. The molecule has 4 rings (SSSR count). The van der Waals surface area contributed by atoms with Crippen LogP contribution in [0.25, 0.3) is 22.3 Å². The predicted octanol–water partition coefficient (Wildman–Crippen LogP) is 3.70. The Hall–Kier alpha value is -3.77. The van der Waals surface area contributed by atoms with Crippen molar-refractivity contribution < 1.29 is 14.4 Å². The lowest BCUT2D eigenvalue weighted by atomic mass is 9.82. The van der Waals surface area contributed by atoms with E-state index in [2.05, 4.69) is 5.32 Å². The number of imide groups is 1. The molecule has 1 heterocycles. The van der Waals surface area contributed by atoms with Crippen molar-refractivity contribution in [3.63, 3.8) is 0 Å². The zero-order valence-electron chi connectivity index (χ0n) is 18.9. The summed E-state index contributed by atoms with van der Waals surface area (Å²) < 4.78 is 0. The van der Waals surface area contributed by atoms with Gasteiger partial charge in [0.05, 0.1) is 11.1 Å². The fraction of sp³-hybridized carbons (Fsp3) is 0.222. The van der Waals surface area contributed by atoms with Gasteiger partial charge in [0.2, 0.25) is 5.91 Å². The van der Waals surface area contributed by atoms with E-state index in [0.29, 0.717) is 24.2 Å². The number of rotatable bonds is 7. The van der Waals surface area contributed by atoms with Crippen molar-refractivity contribution in [2.45, 2.75) is 20.3 Å². The van der Waals surface area contributed by atoms with Crippen LogP contribution in [0.3, 0.4) is 0 Å². The minimum atomic E-state index is -0.348. The van der Waals surface area contributed by atoms with Gasteiger partial charge in [-0.2, -0.15) is 0 Å². The number of nitrogens with one attached hydrogen (secondary N) is 1. The molecule has 0 spiro atoms. The van der Waals surface area contributed by atoms with E-state index >= 15 is 0 Å². The Balaban J connectivity index is 1.84. The van der Waals surface area contributed by atoms with Gasteiger partial charge in [-0.05, 0) is 47.2 Å². The number of nitrogens with two attached hydrogens (primary N) is 1. The Morgan fingerprint density at radius 1 is 0.788 bits per heavy atom. The quantitative estimate of drug-likeness (QED) is 0.547. The molecule has 33 heavy (non-hydrogen) atoms. The lowest BCUT2D eigenvalue weighted by Gasteiger charge is -2.19. The van der Waals surface area contributed by atoms with E-state index in [9.17, 15) is 14.4 Å². The molecule has 0 fully saturated rings. The van der Waals surface area contributed by atoms with Crippen LogP contribution >= 0.6 is 0 Å². The summed E-state index contributed by atoms with van der Waals surface area (Å²) in [5.41, 5.74) is 11.7. The highest BCUT2D eigenvalue weighted by Crippen LogP contribution is 2.43. The Morgan fingerprint density at radius 3 is 1.67 bits per heavy atom. The lowest BCUT2D eigenvalue weighted by molar-refractivity contribution is -0.121. The van der Waals surface area contributed by atoms with Gasteiger partial charge in [-0.1, -0.05) is 60.7 Å². The van der Waals surface area contributed by atoms with E-state index in [1.807, 2.05) is 74.5 Å². The van der Waals surface area contributed by atoms with Crippen molar-refractivity contribution in [2.24, 2.45) is 5.73 Å². The number of hydrogen-bond acceptors (Lipinski definition) is 4. The van der Waals surface area contributed by atoms with E-state index in [1.54, 1.807) is 0 Å². The average Bonchev–Trinajstić information content (AvgIpc) is 3.09. The van der Waals surface area contributed by atoms with Crippen molar-refractivity contribution in [2.75, 3.05) is 19.6 Å². The summed E-state index contributed by atoms with van der Waals surface area (Å²) in [5, 5.41) is 2.68. The molecule has 0 aromatic heterocycles. The summed E-state index contributed by atoms with van der Waals surface area (Å²) in [7, 11) is 0. The van der Waals surface area contributed by atoms with E-state index in [-0.39, 0.29) is 30.7 Å². The largest absolute Gasteiger partial charge is 0.355 e. The van der Waals surface area contributed by atoms with Gasteiger partial charge in [0.1, 0.15) is 0 Å². The van der Waals surface area contributed by atoms with Gasteiger partial charge in [-0.25, -0.2) is 0 Å². The molecule has 3 aromatic rings. The maximum absolute atomic E-state index is 13.4. The third-order valence-corrected chi connectivity index (χ3v) is 6.07. The number of nitrogens with zero attached hydrogens (tertiary/aromatic N) is 1. The molecule has 1 aliphatic heterocycles. The highest BCUT2D eigenvalue weighted by atomic mass is 16.2. The molecule has 0 bridgehead atoms. The van der Waals surface area contributed by atoms with Crippen LogP contribution in [0.5, 0.6) is 0 Å². The molecular weight excluding hydrogens is 414 g/mol. The van der Waals surface area contributed by atoms with Crippen molar-refractivity contribution in [1.82, 2.24) is 10.2 Å². The highest BCUT2D eigenvalue weighted by Gasteiger charge is 2.40. The van der Waals surface area contributed by atoms with Gasteiger partial charge < -0.3 is 11.1 Å². The lowest BCUT2D eigenvalue weighted by Crippen LogP contribution is -2.36. The third-order valence-electron chi connectivity index (χ3n) is 6.07. The summed E-state index contributed by atoms with van der Waals surface area (Å²) in [6, 6.07) is 19.8. The van der Waals surface area contributed by atoms with Gasteiger partial charge in [0, 0.05) is 26.1 Å². The molecule has 6 nitrogen and oxygen atoms in total. The van der Waals surface area contributed by atoms with Crippen LogP contribution in [0.2, 0.25) is 0 Å². The van der Waals surface area contributed by atoms with E-state index in [1.165, 1.54) is 4.90 Å². The fourth-order valence-electron chi connectivity index (χ4n) is 4.54. The second-order valence-corrected chi connectivity index (χ2v) is 8.13. The predicted molar refractivity (Wildman–Crippen MR) is 129 cm³/mol. The van der Waals surface area contributed by atoms with Crippen LogP contribution in [0.1, 0.15) is 38.3 Å². The molecule has 3 amide bonds. The molecule has 0 atom stereocenters. The number of hydrogen-bond donors (Lipinski definition) is 2. The number of carbonyl (C=O) groups excluding carboxylic acids is 3. The molecule has 0 unspecified atom stereocenters. The minimum absolute atomic E-state index is 0.0307. The van der Waals surface area contributed by atoms with Crippen molar-refractivity contribution in [3.05, 3.63) is 82.9 Å². The number of carbonyl (C=O) groups is 3. The van der Waals surface area contributed by atoms with Crippen molar-refractivity contribution in [3.8, 4) is 22.3 Å². The minimum Gasteiger partial charge on any atom is -0.355 e. The zero-order valence-corrected chi connectivity index (χ0v) is 18.9.